The minimum Gasteiger partial charge on any atom is -0.494 e. The predicted octanol–water partition coefficient (Wildman–Crippen LogP) is 2.11. The van der Waals surface area contributed by atoms with Crippen LogP contribution in [0.2, 0.25) is 0 Å². The van der Waals surface area contributed by atoms with Crippen molar-refractivity contribution in [1.29, 1.82) is 0 Å². The third kappa shape index (κ3) is 2.85. The summed E-state index contributed by atoms with van der Waals surface area (Å²) in [6, 6.07) is 1.04. The average molecular weight is 235 g/mol. The van der Waals surface area contributed by atoms with Crippen molar-refractivity contribution in [3.63, 3.8) is 0 Å². The Morgan fingerprint density at radius 3 is 2.50 bits per heavy atom. The van der Waals surface area contributed by atoms with Crippen LogP contribution >= 0.6 is 0 Å². The SMILES string of the molecule is COc1c(C)cc(OC(F)(F)F)nc1C=O. The lowest BCUT2D eigenvalue weighted by Gasteiger charge is -2.11. The van der Waals surface area contributed by atoms with E-state index >= 15 is 0 Å². The summed E-state index contributed by atoms with van der Waals surface area (Å²) in [7, 11) is 1.29. The highest BCUT2D eigenvalue weighted by molar-refractivity contribution is 5.77. The van der Waals surface area contributed by atoms with E-state index in [2.05, 4.69) is 9.72 Å². The van der Waals surface area contributed by atoms with E-state index in [9.17, 15) is 18.0 Å². The van der Waals surface area contributed by atoms with Crippen molar-refractivity contribution in [2.45, 2.75) is 13.3 Å². The monoisotopic (exact) mass is 235 g/mol. The first kappa shape index (κ1) is 12.3. The van der Waals surface area contributed by atoms with Gasteiger partial charge in [-0.25, -0.2) is 4.98 Å². The second-order valence-corrected chi connectivity index (χ2v) is 2.86. The summed E-state index contributed by atoms with van der Waals surface area (Å²) < 4.78 is 44.1. The summed E-state index contributed by atoms with van der Waals surface area (Å²) in [6.07, 6.45) is -4.54. The number of nitrogens with zero attached hydrogens (tertiary/aromatic N) is 1. The maximum atomic E-state index is 11.9. The van der Waals surface area contributed by atoms with Crippen molar-refractivity contribution in [2.75, 3.05) is 7.11 Å². The number of aldehydes is 1. The van der Waals surface area contributed by atoms with Gasteiger partial charge in [0.25, 0.3) is 0 Å². The van der Waals surface area contributed by atoms with E-state index in [4.69, 9.17) is 4.74 Å². The summed E-state index contributed by atoms with van der Waals surface area (Å²) in [6.45, 7) is 1.48. The van der Waals surface area contributed by atoms with Gasteiger partial charge in [0.1, 0.15) is 5.69 Å². The Morgan fingerprint density at radius 2 is 2.06 bits per heavy atom. The molecular weight excluding hydrogens is 227 g/mol. The summed E-state index contributed by atoms with van der Waals surface area (Å²) in [5.74, 6) is -0.558. The molecule has 4 nitrogen and oxygen atoms in total. The zero-order valence-electron chi connectivity index (χ0n) is 8.46. The van der Waals surface area contributed by atoms with E-state index in [1.807, 2.05) is 0 Å². The van der Waals surface area contributed by atoms with Crippen LogP contribution in [0.15, 0.2) is 6.07 Å². The second kappa shape index (κ2) is 4.38. The molecule has 0 fully saturated rings. The van der Waals surface area contributed by atoms with Gasteiger partial charge in [0, 0.05) is 6.07 Å². The van der Waals surface area contributed by atoms with Crippen molar-refractivity contribution in [2.24, 2.45) is 0 Å². The first-order chi connectivity index (χ1) is 7.37. The van der Waals surface area contributed by atoms with Crippen LogP contribution in [0.3, 0.4) is 0 Å². The standard InChI is InChI=1S/C9H8F3NO3/c1-5-3-7(16-9(10,11)12)13-6(4-14)8(5)15-2/h3-4H,1-2H3. The van der Waals surface area contributed by atoms with Crippen LogP contribution in [0, 0.1) is 6.92 Å². The minimum absolute atomic E-state index is 0.129. The first-order valence-electron chi connectivity index (χ1n) is 4.14. The normalized spacial score (nSPS) is 11.1. The van der Waals surface area contributed by atoms with E-state index in [1.54, 1.807) is 0 Å². The van der Waals surface area contributed by atoms with Crippen molar-refractivity contribution < 1.29 is 27.4 Å². The fourth-order valence-electron chi connectivity index (χ4n) is 1.17. The second-order valence-electron chi connectivity index (χ2n) is 2.86. The van der Waals surface area contributed by atoms with Gasteiger partial charge in [-0.1, -0.05) is 0 Å². The van der Waals surface area contributed by atoms with Gasteiger partial charge in [0.15, 0.2) is 12.0 Å². The van der Waals surface area contributed by atoms with Gasteiger partial charge >= 0.3 is 6.36 Å². The molecule has 0 N–H and O–H groups in total. The number of hydrogen-bond acceptors (Lipinski definition) is 4. The molecule has 0 aliphatic carbocycles. The number of aryl methyl sites for hydroxylation is 1. The Labute approximate surface area is 89.0 Å². The van der Waals surface area contributed by atoms with Gasteiger partial charge < -0.3 is 9.47 Å². The van der Waals surface area contributed by atoms with E-state index in [0.717, 1.165) is 6.07 Å². The van der Waals surface area contributed by atoms with Crippen LogP contribution in [-0.2, 0) is 0 Å². The highest BCUT2D eigenvalue weighted by Crippen LogP contribution is 2.27. The molecule has 16 heavy (non-hydrogen) atoms. The Hall–Kier alpha value is -1.79. The molecule has 0 saturated carbocycles. The summed E-state index contributed by atoms with van der Waals surface area (Å²) in [5.41, 5.74) is 0.0978. The summed E-state index contributed by atoms with van der Waals surface area (Å²) in [4.78, 5) is 13.9. The molecule has 0 saturated heterocycles. The number of carbonyl (C=O) groups excluding carboxylic acids is 1. The van der Waals surface area contributed by atoms with Gasteiger partial charge in [0.2, 0.25) is 5.88 Å². The molecule has 7 heteroatoms. The third-order valence-corrected chi connectivity index (χ3v) is 1.70. The van der Waals surface area contributed by atoms with E-state index in [1.165, 1.54) is 14.0 Å². The molecule has 0 aliphatic rings. The lowest BCUT2D eigenvalue weighted by atomic mass is 10.2. The fourth-order valence-corrected chi connectivity index (χ4v) is 1.17. The van der Waals surface area contributed by atoms with Gasteiger partial charge in [-0.2, -0.15) is 0 Å². The zero-order chi connectivity index (χ0) is 12.3. The van der Waals surface area contributed by atoms with Crippen LogP contribution in [0.4, 0.5) is 13.2 Å². The molecule has 0 amide bonds. The number of ether oxygens (including phenoxy) is 2. The number of halogens is 3. The van der Waals surface area contributed by atoms with Crippen molar-refractivity contribution in [1.82, 2.24) is 4.98 Å². The largest absolute Gasteiger partial charge is 0.574 e. The molecule has 88 valence electrons. The Kier molecular flexibility index (Phi) is 3.36. The highest BCUT2D eigenvalue weighted by atomic mass is 19.4. The molecule has 0 aromatic carbocycles. The quantitative estimate of drug-likeness (QED) is 0.753. The van der Waals surface area contributed by atoms with Crippen molar-refractivity contribution in [3.8, 4) is 11.6 Å². The lowest BCUT2D eigenvalue weighted by molar-refractivity contribution is -0.276. The molecular formula is C9H8F3NO3. The molecule has 1 aromatic heterocycles. The predicted molar refractivity (Wildman–Crippen MR) is 47.6 cm³/mol. The lowest BCUT2D eigenvalue weighted by Crippen LogP contribution is -2.18. The molecule has 1 rings (SSSR count). The third-order valence-electron chi connectivity index (χ3n) is 1.70. The van der Waals surface area contributed by atoms with E-state index in [-0.39, 0.29) is 11.4 Å². The molecule has 0 unspecified atom stereocenters. The maximum absolute atomic E-state index is 11.9. The number of pyridine rings is 1. The molecule has 0 spiro atoms. The topological polar surface area (TPSA) is 48.4 Å². The number of methoxy groups -OCH3 is 1. The number of rotatable bonds is 3. The Balaban J connectivity index is 3.15. The van der Waals surface area contributed by atoms with Crippen LogP contribution in [0.25, 0.3) is 0 Å². The molecule has 0 atom stereocenters. The Morgan fingerprint density at radius 1 is 1.44 bits per heavy atom. The van der Waals surface area contributed by atoms with Gasteiger partial charge in [0.05, 0.1) is 7.11 Å². The molecule has 0 aliphatic heterocycles. The van der Waals surface area contributed by atoms with Crippen molar-refractivity contribution in [3.05, 3.63) is 17.3 Å². The molecule has 1 heterocycles. The summed E-state index contributed by atoms with van der Waals surface area (Å²) >= 11 is 0. The van der Waals surface area contributed by atoms with Gasteiger partial charge in [-0.05, 0) is 12.5 Å². The van der Waals surface area contributed by atoms with Crippen LogP contribution in [0.5, 0.6) is 11.6 Å². The van der Waals surface area contributed by atoms with Gasteiger partial charge in [-0.15, -0.1) is 13.2 Å². The van der Waals surface area contributed by atoms with Gasteiger partial charge in [-0.3, -0.25) is 4.79 Å². The van der Waals surface area contributed by atoms with Crippen LogP contribution in [0.1, 0.15) is 16.1 Å². The molecule has 0 radical (unpaired) electrons. The van der Waals surface area contributed by atoms with E-state index < -0.39 is 12.2 Å². The number of alkyl halides is 3. The first-order valence-corrected chi connectivity index (χ1v) is 4.14. The fraction of sp³-hybridized carbons (Fsp3) is 0.333. The highest BCUT2D eigenvalue weighted by Gasteiger charge is 2.32. The molecule has 1 aromatic rings. The average Bonchev–Trinajstić information content (AvgIpc) is 2.14. The van der Waals surface area contributed by atoms with E-state index in [0.29, 0.717) is 11.8 Å². The minimum atomic E-state index is -4.84. The van der Waals surface area contributed by atoms with Crippen LogP contribution < -0.4 is 9.47 Å². The Bertz CT molecular complexity index is 404. The number of hydrogen-bond donors (Lipinski definition) is 0. The van der Waals surface area contributed by atoms with Crippen LogP contribution in [-0.4, -0.2) is 24.7 Å². The number of carbonyl (C=O) groups is 1. The van der Waals surface area contributed by atoms with Crippen molar-refractivity contribution >= 4 is 6.29 Å². The molecule has 0 bridgehead atoms. The smallest absolute Gasteiger partial charge is 0.494 e. The zero-order valence-corrected chi connectivity index (χ0v) is 8.46. The number of aromatic nitrogens is 1. The maximum Gasteiger partial charge on any atom is 0.574 e. The summed E-state index contributed by atoms with van der Waals surface area (Å²) in [5, 5.41) is 0.